The molecule has 144 valence electrons. The normalized spacial score (nSPS) is 11.6. The molecule has 1 heterocycles. The Labute approximate surface area is 171 Å². The maximum atomic E-state index is 12.5. The highest BCUT2D eigenvalue weighted by molar-refractivity contribution is 7.14. The van der Waals surface area contributed by atoms with Crippen molar-refractivity contribution in [3.63, 3.8) is 0 Å². The Morgan fingerprint density at radius 1 is 1.25 bits per heavy atom. The molecule has 28 heavy (non-hydrogen) atoms. The molecule has 0 saturated carbocycles. The second-order valence-electron chi connectivity index (χ2n) is 5.96. The Kier molecular flexibility index (Phi) is 6.28. The van der Waals surface area contributed by atoms with Crippen molar-refractivity contribution in [1.29, 1.82) is 0 Å². The standard InChI is InChI=1S/C20H18ClN3O3S/c1-2-17(27-19(26)13-4-3-5-15(22)10-13)18(25)24-20-23-16(11-28-20)12-6-8-14(21)9-7-12/h3-11,17H,2,22H2,1H3,(H,23,24,25). The summed E-state index contributed by atoms with van der Waals surface area (Å²) in [6.45, 7) is 1.76. The van der Waals surface area contributed by atoms with Crippen LogP contribution in [0.15, 0.2) is 53.9 Å². The zero-order valence-electron chi connectivity index (χ0n) is 15.0. The first-order valence-corrected chi connectivity index (χ1v) is 9.81. The lowest BCUT2D eigenvalue weighted by Crippen LogP contribution is -2.32. The van der Waals surface area contributed by atoms with Gasteiger partial charge in [0.05, 0.1) is 11.3 Å². The first-order valence-electron chi connectivity index (χ1n) is 8.55. The molecule has 0 aliphatic rings. The van der Waals surface area contributed by atoms with Gasteiger partial charge < -0.3 is 10.5 Å². The number of thiazole rings is 1. The van der Waals surface area contributed by atoms with E-state index < -0.39 is 18.0 Å². The molecule has 0 radical (unpaired) electrons. The van der Waals surface area contributed by atoms with Crippen molar-refractivity contribution < 1.29 is 14.3 Å². The van der Waals surface area contributed by atoms with Crippen LogP contribution in [-0.4, -0.2) is 23.0 Å². The smallest absolute Gasteiger partial charge is 0.338 e. The summed E-state index contributed by atoms with van der Waals surface area (Å²) in [6.07, 6.45) is -0.605. The number of ether oxygens (including phenoxy) is 1. The number of aromatic nitrogens is 1. The fourth-order valence-electron chi connectivity index (χ4n) is 2.46. The molecule has 0 aliphatic heterocycles. The first-order chi connectivity index (χ1) is 13.5. The van der Waals surface area contributed by atoms with Gasteiger partial charge in [-0.3, -0.25) is 10.1 Å². The van der Waals surface area contributed by atoms with Crippen molar-refractivity contribution in [3.8, 4) is 11.3 Å². The number of benzene rings is 2. The van der Waals surface area contributed by atoms with Gasteiger partial charge in [0.25, 0.3) is 5.91 Å². The van der Waals surface area contributed by atoms with Crippen LogP contribution in [0.2, 0.25) is 5.02 Å². The summed E-state index contributed by atoms with van der Waals surface area (Å²) in [7, 11) is 0. The van der Waals surface area contributed by atoms with E-state index in [1.165, 1.54) is 17.4 Å². The number of anilines is 2. The molecule has 6 nitrogen and oxygen atoms in total. The van der Waals surface area contributed by atoms with Crippen molar-refractivity contribution in [1.82, 2.24) is 4.98 Å². The fourth-order valence-corrected chi connectivity index (χ4v) is 3.30. The van der Waals surface area contributed by atoms with Crippen molar-refractivity contribution in [2.24, 2.45) is 0 Å². The largest absolute Gasteiger partial charge is 0.449 e. The zero-order valence-corrected chi connectivity index (χ0v) is 16.6. The summed E-state index contributed by atoms with van der Waals surface area (Å²) in [5.41, 5.74) is 8.04. The van der Waals surface area contributed by atoms with E-state index >= 15 is 0 Å². The topological polar surface area (TPSA) is 94.3 Å². The second kappa shape index (κ2) is 8.86. The molecule has 2 aromatic carbocycles. The molecule has 3 aromatic rings. The van der Waals surface area contributed by atoms with Crippen molar-refractivity contribution in [2.45, 2.75) is 19.4 Å². The lowest BCUT2D eigenvalue weighted by molar-refractivity contribution is -0.124. The van der Waals surface area contributed by atoms with Gasteiger partial charge in [0.15, 0.2) is 11.2 Å². The molecule has 3 N–H and O–H groups in total. The van der Waals surface area contributed by atoms with Crippen LogP contribution in [0.4, 0.5) is 10.8 Å². The van der Waals surface area contributed by atoms with Crippen molar-refractivity contribution >= 4 is 45.6 Å². The van der Waals surface area contributed by atoms with Crippen LogP contribution in [0.5, 0.6) is 0 Å². The predicted molar refractivity (Wildman–Crippen MR) is 112 cm³/mol. The predicted octanol–water partition coefficient (Wildman–Crippen LogP) is 4.62. The summed E-state index contributed by atoms with van der Waals surface area (Å²) in [5, 5.41) is 5.60. The van der Waals surface area contributed by atoms with E-state index in [2.05, 4.69) is 10.3 Å². The quantitative estimate of drug-likeness (QED) is 0.452. The molecular formula is C20H18ClN3O3S. The second-order valence-corrected chi connectivity index (χ2v) is 7.26. The van der Waals surface area contributed by atoms with E-state index in [-0.39, 0.29) is 0 Å². The minimum atomic E-state index is -0.934. The van der Waals surface area contributed by atoms with Crippen LogP contribution < -0.4 is 11.1 Å². The average molecular weight is 416 g/mol. The molecule has 0 saturated heterocycles. The number of rotatable bonds is 6. The van der Waals surface area contributed by atoms with Gasteiger partial charge >= 0.3 is 5.97 Å². The number of carbonyl (C=O) groups excluding carboxylic acids is 2. The summed E-state index contributed by atoms with van der Waals surface area (Å²) in [5.74, 6) is -1.04. The molecule has 0 spiro atoms. The van der Waals surface area contributed by atoms with Crippen LogP contribution in [0.1, 0.15) is 23.7 Å². The van der Waals surface area contributed by atoms with Crippen LogP contribution in [0.3, 0.4) is 0 Å². The van der Waals surface area contributed by atoms with Gasteiger partial charge in [-0.05, 0) is 36.8 Å². The number of amides is 1. The Hall–Kier alpha value is -2.90. The van der Waals surface area contributed by atoms with Gasteiger partial charge in [0.1, 0.15) is 0 Å². The molecule has 0 fully saturated rings. The van der Waals surface area contributed by atoms with E-state index in [1.807, 2.05) is 17.5 Å². The van der Waals surface area contributed by atoms with Crippen LogP contribution in [0.25, 0.3) is 11.3 Å². The highest BCUT2D eigenvalue weighted by Gasteiger charge is 2.23. The third-order valence-electron chi connectivity index (χ3n) is 3.91. The molecule has 1 atom stereocenters. The number of carbonyl (C=O) groups is 2. The van der Waals surface area contributed by atoms with Crippen molar-refractivity contribution in [3.05, 3.63) is 64.5 Å². The number of nitrogen functional groups attached to an aromatic ring is 1. The molecule has 1 amide bonds. The molecule has 1 aromatic heterocycles. The van der Waals surface area contributed by atoms with E-state index in [4.69, 9.17) is 22.1 Å². The minimum absolute atomic E-state index is 0.297. The number of hydrogen-bond donors (Lipinski definition) is 2. The summed E-state index contributed by atoms with van der Waals surface area (Å²) in [6, 6.07) is 13.7. The SMILES string of the molecule is CCC(OC(=O)c1cccc(N)c1)C(=O)Nc1nc(-c2ccc(Cl)cc2)cs1. The van der Waals surface area contributed by atoms with E-state index in [1.54, 1.807) is 37.3 Å². The van der Waals surface area contributed by atoms with Gasteiger partial charge in [-0.2, -0.15) is 0 Å². The maximum Gasteiger partial charge on any atom is 0.338 e. The number of nitrogens with one attached hydrogen (secondary N) is 1. The van der Waals surface area contributed by atoms with Crippen LogP contribution in [0, 0.1) is 0 Å². The molecule has 1 unspecified atom stereocenters. The van der Waals surface area contributed by atoms with Crippen LogP contribution in [-0.2, 0) is 9.53 Å². The Morgan fingerprint density at radius 3 is 2.68 bits per heavy atom. The molecule has 0 aliphatic carbocycles. The van der Waals surface area contributed by atoms with Crippen LogP contribution >= 0.6 is 22.9 Å². The summed E-state index contributed by atoms with van der Waals surface area (Å²) >= 11 is 7.18. The monoisotopic (exact) mass is 415 g/mol. The number of hydrogen-bond acceptors (Lipinski definition) is 6. The third-order valence-corrected chi connectivity index (χ3v) is 4.92. The van der Waals surface area contributed by atoms with Crippen molar-refractivity contribution in [2.75, 3.05) is 11.1 Å². The van der Waals surface area contributed by atoms with Gasteiger partial charge in [0, 0.05) is 21.7 Å². The Bertz CT molecular complexity index is 988. The maximum absolute atomic E-state index is 12.5. The minimum Gasteiger partial charge on any atom is -0.449 e. The first kappa shape index (κ1) is 19.9. The number of halogens is 1. The van der Waals surface area contributed by atoms with E-state index in [0.717, 1.165) is 11.3 Å². The third kappa shape index (κ3) is 4.88. The molecular weight excluding hydrogens is 398 g/mol. The van der Waals surface area contributed by atoms with E-state index in [9.17, 15) is 9.59 Å². The summed E-state index contributed by atoms with van der Waals surface area (Å²) < 4.78 is 5.33. The fraction of sp³-hybridized carbons (Fsp3) is 0.150. The lowest BCUT2D eigenvalue weighted by atomic mass is 10.2. The van der Waals surface area contributed by atoms with E-state index in [0.29, 0.717) is 27.8 Å². The van der Waals surface area contributed by atoms with Gasteiger partial charge in [-0.25, -0.2) is 9.78 Å². The van der Waals surface area contributed by atoms with Gasteiger partial charge in [0.2, 0.25) is 0 Å². The average Bonchev–Trinajstić information content (AvgIpc) is 3.14. The number of nitrogens with zero attached hydrogens (tertiary/aromatic N) is 1. The zero-order chi connectivity index (χ0) is 20.1. The Morgan fingerprint density at radius 2 is 2.00 bits per heavy atom. The molecule has 8 heteroatoms. The Balaban J connectivity index is 1.65. The highest BCUT2D eigenvalue weighted by atomic mass is 35.5. The van der Waals surface area contributed by atoms with Gasteiger partial charge in [-0.1, -0.05) is 36.7 Å². The summed E-state index contributed by atoms with van der Waals surface area (Å²) in [4.78, 5) is 29.2. The number of nitrogens with two attached hydrogens (primary N) is 1. The van der Waals surface area contributed by atoms with Gasteiger partial charge in [-0.15, -0.1) is 11.3 Å². The highest BCUT2D eigenvalue weighted by Crippen LogP contribution is 2.26. The molecule has 3 rings (SSSR count). The number of esters is 1. The molecule has 0 bridgehead atoms. The lowest BCUT2D eigenvalue weighted by Gasteiger charge is -2.15.